The zero-order valence-electron chi connectivity index (χ0n) is 12.0. The first kappa shape index (κ1) is 15.4. The molecule has 1 amide bonds. The van der Waals surface area contributed by atoms with Crippen molar-refractivity contribution >= 4 is 5.91 Å². The third-order valence-electron chi connectivity index (χ3n) is 3.43. The van der Waals surface area contributed by atoms with Gasteiger partial charge in [-0.15, -0.1) is 0 Å². The van der Waals surface area contributed by atoms with Gasteiger partial charge in [-0.3, -0.25) is 4.79 Å². The summed E-state index contributed by atoms with van der Waals surface area (Å²) < 4.78 is 0. The lowest BCUT2D eigenvalue weighted by Gasteiger charge is -2.34. The Bertz CT molecular complexity index is 254. The van der Waals surface area contributed by atoms with Crippen LogP contribution in [0.5, 0.6) is 0 Å². The van der Waals surface area contributed by atoms with Crippen molar-refractivity contribution in [3.8, 4) is 0 Å². The molecule has 1 saturated heterocycles. The minimum absolute atomic E-state index is 0.0710. The largest absolute Gasteiger partial charge is 0.354 e. The summed E-state index contributed by atoms with van der Waals surface area (Å²) in [7, 11) is 0. The molecule has 5 heteroatoms. The lowest BCUT2D eigenvalue weighted by molar-refractivity contribution is -0.125. The van der Waals surface area contributed by atoms with E-state index in [1.54, 1.807) is 13.8 Å². The zero-order chi connectivity index (χ0) is 13.6. The number of nitrogens with zero attached hydrogens (tertiary/aromatic N) is 2. The van der Waals surface area contributed by atoms with Crippen LogP contribution in [0.25, 0.3) is 0 Å². The molecule has 0 aromatic heterocycles. The summed E-state index contributed by atoms with van der Waals surface area (Å²) in [6.07, 6.45) is 0.994. The predicted molar refractivity (Wildman–Crippen MR) is 74.4 cm³/mol. The van der Waals surface area contributed by atoms with Gasteiger partial charge in [0, 0.05) is 32.7 Å². The number of nitrogens with two attached hydrogens (primary N) is 1. The van der Waals surface area contributed by atoms with Crippen LogP contribution in [0.2, 0.25) is 0 Å². The fraction of sp³-hybridized carbons (Fsp3) is 0.923. The standard InChI is InChI=1S/C13H28N4O/c1-4-16-8-10-17(11-9-16)7-5-6-15-12(18)13(2,3)14/h4-11,14H2,1-3H3,(H,15,18). The molecule has 1 fully saturated rings. The third kappa shape index (κ3) is 5.33. The van der Waals surface area contributed by atoms with E-state index in [2.05, 4.69) is 22.0 Å². The average Bonchev–Trinajstić information content (AvgIpc) is 2.34. The van der Waals surface area contributed by atoms with Crippen molar-refractivity contribution in [1.82, 2.24) is 15.1 Å². The van der Waals surface area contributed by atoms with Gasteiger partial charge in [-0.1, -0.05) is 6.92 Å². The molecule has 0 aliphatic carbocycles. The maximum Gasteiger partial charge on any atom is 0.239 e. The minimum Gasteiger partial charge on any atom is -0.354 e. The Hall–Kier alpha value is -0.650. The van der Waals surface area contributed by atoms with Crippen LogP contribution in [0.15, 0.2) is 0 Å². The maximum atomic E-state index is 11.5. The summed E-state index contributed by atoms with van der Waals surface area (Å²) in [5.74, 6) is -0.0710. The van der Waals surface area contributed by atoms with Gasteiger partial charge in [-0.05, 0) is 33.4 Å². The first-order valence-electron chi connectivity index (χ1n) is 6.95. The van der Waals surface area contributed by atoms with Crippen LogP contribution in [0, 0.1) is 0 Å². The van der Waals surface area contributed by atoms with Crippen LogP contribution in [-0.2, 0) is 4.79 Å². The van der Waals surface area contributed by atoms with Gasteiger partial charge in [-0.25, -0.2) is 0 Å². The van der Waals surface area contributed by atoms with Gasteiger partial charge in [0.1, 0.15) is 0 Å². The summed E-state index contributed by atoms with van der Waals surface area (Å²) >= 11 is 0. The molecule has 0 radical (unpaired) electrons. The molecule has 1 rings (SSSR count). The SMILES string of the molecule is CCN1CCN(CCCNC(=O)C(C)(C)N)CC1. The monoisotopic (exact) mass is 256 g/mol. The Morgan fingerprint density at radius 3 is 2.28 bits per heavy atom. The molecule has 0 atom stereocenters. The molecule has 106 valence electrons. The highest BCUT2D eigenvalue weighted by atomic mass is 16.2. The molecule has 0 aromatic rings. The molecule has 0 spiro atoms. The lowest BCUT2D eigenvalue weighted by atomic mass is 10.1. The van der Waals surface area contributed by atoms with Crippen LogP contribution >= 0.6 is 0 Å². The van der Waals surface area contributed by atoms with E-state index in [1.807, 2.05) is 0 Å². The second kappa shape index (κ2) is 7.07. The van der Waals surface area contributed by atoms with Crippen LogP contribution < -0.4 is 11.1 Å². The molecule has 0 saturated carbocycles. The first-order valence-corrected chi connectivity index (χ1v) is 6.95. The van der Waals surface area contributed by atoms with Gasteiger partial charge in [0.05, 0.1) is 5.54 Å². The van der Waals surface area contributed by atoms with E-state index >= 15 is 0 Å². The van der Waals surface area contributed by atoms with Crippen molar-refractivity contribution in [2.45, 2.75) is 32.7 Å². The fourth-order valence-electron chi connectivity index (χ4n) is 2.06. The van der Waals surface area contributed by atoms with Crippen molar-refractivity contribution in [3.63, 3.8) is 0 Å². The average molecular weight is 256 g/mol. The molecule has 1 aliphatic rings. The number of carbonyl (C=O) groups excluding carboxylic acids is 1. The minimum atomic E-state index is -0.771. The van der Waals surface area contributed by atoms with Crippen molar-refractivity contribution in [2.75, 3.05) is 45.8 Å². The summed E-state index contributed by atoms with van der Waals surface area (Å²) in [4.78, 5) is 16.5. The molecular weight excluding hydrogens is 228 g/mol. The molecule has 0 aromatic carbocycles. The number of rotatable bonds is 6. The van der Waals surface area contributed by atoms with Gasteiger partial charge in [0.25, 0.3) is 0 Å². The van der Waals surface area contributed by atoms with E-state index < -0.39 is 5.54 Å². The number of piperazine rings is 1. The number of hydrogen-bond donors (Lipinski definition) is 2. The van der Waals surface area contributed by atoms with E-state index in [1.165, 1.54) is 13.1 Å². The molecule has 3 N–H and O–H groups in total. The molecule has 1 heterocycles. The van der Waals surface area contributed by atoms with Crippen molar-refractivity contribution in [2.24, 2.45) is 5.73 Å². The molecule has 0 unspecified atom stereocenters. The Balaban J connectivity index is 2.07. The Kier molecular flexibility index (Phi) is 6.05. The van der Waals surface area contributed by atoms with E-state index in [0.29, 0.717) is 6.54 Å². The summed E-state index contributed by atoms with van der Waals surface area (Å²) in [6.45, 7) is 13.2. The number of nitrogens with one attached hydrogen (secondary N) is 1. The van der Waals surface area contributed by atoms with Gasteiger partial charge in [0.15, 0.2) is 0 Å². The first-order chi connectivity index (χ1) is 8.43. The maximum absolute atomic E-state index is 11.5. The van der Waals surface area contributed by atoms with E-state index in [9.17, 15) is 4.79 Å². The summed E-state index contributed by atoms with van der Waals surface area (Å²) in [6, 6.07) is 0. The predicted octanol–water partition coefficient (Wildman–Crippen LogP) is -0.132. The summed E-state index contributed by atoms with van der Waals surface area (Å²) in [5.41, 5.74) is 4.94. The zero-order valence-corrected chi connectivity index (χ0v) is 12.0. The smallest absolute Gasteiger partial charge is 0.239 e. The van der Waals surface area contributed by atoms with Gasteiger partial charge in [0.2, 0.25) is 5.91 Å². The number of amides is 1. The number of hydrogen-bond acceptors (Lipinski definition) is 4. The van der Waals surface area contributed by atoms with Crippen LogP contribution in [0.1, 0.15) is 27.2 Å². The third-order valence-corrected chi connectivity index (χ3v) is 3.43. The second-order valence-electron chi connectivity index (χ2n) is 5.61. The van der Waals surface area contributed by atoms with Crippen molar-refractivity contribution in [3.05, 3.63) is 0 Å². The van der Waals surface area contributed by atoms with Crippen molar-refractivity contribution in [1.29, 1.82) is 0 Å². The summed E-state index contributed by atoms with van der Waals surface area (Å²) in [5, 5.41) is 2.88. The Morgan fingerprint density at radius 1 is 1.22 bits per heavy atom. The quantitative estimate of drug-likeness (QED) is 0.650. The van der Waals surface area contributed by atoms with Gasteiger partial charge < -0.3 is 20.9 Å². The Morgan fingerprint density at radius 2 is 1.78 bits per heavy atom. The van der Waals surface area contributed by atoms with Gasteiger partial charge in [-0.2, -0.15) is 0 Å². The molecule has 1 aliphatic heterocycles. The van der Waals surface area contributed by atoms with E-state index in [0.717, 1.165) is 32.6 Å². The normalized spacial score (nSPS) is 18.9. The van der Waals surface area contributed by atoms with E-state index in [4.69, 9.17) is 5.73 Å². The second-order valence-corrected chi connectivity index (χ2v) is 5.61. The van der Waals surface area contributed by atoms with Crippen LogP contribution in [0.4, 0.5) is 0 Å². The van der Waals surface area contributed by atoms with Gasteiger partial charge >= 0.3 is 0 Å². The van der Waals surface area contributed by atoms with Crippen LogP contribution in [-0.4, -0.2) is 67.1 Å². The lowest BCUT2D eigenvalue weighted by Crippen LogP contribution is -2.50. The van der Waals surface area contributed by atoms with Crippen LogP contribution in [0.3, 0.4) is 0 Å². The Labute approximate surface area is 111 Å². The highest BCUT2D eigenvalue weighted by Crippen LogP contribution is 2.02. The molecule has 5 nitrogen and oxygen atoms in total. The molecular formula is C13H28N4O. The van der Waals surface area contributed by atoms with E-state index in [-0.39, 0.29) is 5.91 Å². The highest BCUT2D eigenvalue weighted by Gasteiger charge is 2.21. The topological polar surface area (TPSA) is 61.6 Å². The van der Waals surface area contributed by atoms with Crippen molar-refractivity contribution < 1.29 is 4.79 Å². The number of likely N-dealkylation sites (N-methyl/N-ethyl adjacent to an activating group) is 1. The fourth-order valence-corrected chi connectivity index (χ4v) is 2.06. The number of carbonyl (C=O) groups is 1. The molecule has 18 heavy (non-hydrogen) atoms. The molecule has 0 bridgehead atoms. The highest BCUT2D eigenvalue weighted by molar-refractivity contribution is 5.84.